The number of aromatic nitrogens is 4. The molecule has 10 heavy (non-hydrogen) atoms. The molecule has 54 valence electrons. The first-order valence-electron chi connectivity index (χ1n) is 3.35. The van der Waals surface area contributed by atoms with E-state index in [1.807, 2.05) is 0 Å². The van der Waals surface area contributed by atoms with E-state index in [2.05, 4.69) is 20.6 Å². The van der Waals surface area contributed by atoms with E-state index in [4.69, 9.17) is 5.73 Å². The zero-order valence-electron chi connectivity index (χ0n) is 5.49. The van der Waals surface area contributed by atoms with E-state index >= 15 is 0 Å². The Kier molecular flexibility index (Phi) is 1.17. The molecule has 0 spiro atoms. The predicted molar refractivity (Wildman–Crippen MR) is 34.1 cm³/mol. The molecule has 0 bridgehead atoms. The lowest BCUT2D eigenvalue weighted by molar-refractivity contribution is 0.779. The zero-order chi connectivity index (χ0) is 6.97. The van der Waals surface area contributed by atoms with Crippen molar-refractivity contribution in [1.82, 2.24) is 20.6 Å². The summed E-state index contributed by atoms with van der Waals surface area (Å²) in [7, 11) is 0. The molecule has 3 N–H and O–H groups in total. The van der Waals surface area contributed by atoms with Gasteiger partial charge in [-0.25, -0.2) is 0 Å². The molecule has 1 aliphatic rings. The van der Waals surface area contributed by atoms with Crippen molar-refractivity contribution in [3.8, 4) is 0 Å². The van der Waals surface area contributed by atoms with Crippen LogP contribution in [0.4, 0.5) is 0 Å². The van der Waals surface area contributed by atoms with Crippen molar-refractivity contribution in [2.45, 2.75) is 12.3 Å². The molecule has 5 nitrogen and oxygen atoms in total. The van der Waals surface area contributed by atoms with E-state index in [9.17, 15) is 0 Å². The molecule has 0 unspecified atom stereocenters. The molecular formula is C5H9N5. The normalized spacial score (nSPS) is 30.5. The van der Waals surface area contributed by atoms with Gasteiger partial charge in [-0.15, -0.1) is 10.2 Å². The fourth-order valence-electron chi connectivity index (χ4n) is 1.15. The van der Waals surface area contributed by atoms with Crippen LogP contribution >= 0.6 is 0 Å². The summed E-state index contributed by atoms with van der Waals surface area (Å²) in [5.41, 5.74) is 5.44. The summed E-state index contributed by atoms with van der Waals surface area (Å²) < 4.78 is 0. The van der Waals surface area contributed by atoms with Gasteiger partial charge in [-0.3, -0.25) is 0 Å². The Labute approximate surface area is 58.0 Å². The lowest BCUT2D eigenvalue weighted by atomic mass is 10.3. The highest BCUT2D eigenvalue weighted by molar-refractivity contribution is 5.07. The molecule has 2 rings (SSSR count). The Balaban J connectivity index is 2.05. The van der Waals surface area contributed by atoms with Gasteiger partial charge < -0.3 is 5.73 Å². The molecule has 0 aliphatic heterocycles. The second kappa shape index (κ2) is 2.02. The van der Waals surface area contributed by atoms with Crippen molar-refractivity contribution < 1.29 is 0 Å². The van der Waals surface area contributed by atoms with E-state index < -0.39 is 0 Å². The highest BCUT2D eigenvalue weighted by Gasteiger charge is 2.40. The van der Waals surface area contributed by atoms with Crippen LogP contribution < -0.4 is 5.73 Å². The average Bonchev–Trinajstić information content (AvgIpc) is 2.56. The number of nitrogens with one attached hydrogen (secondary N) is 1. The number of nitrogens with zero attached hydrogens (tertiary/aromatic N) is 3. The van der Waals surface area contributed by atoms with Gasteiger partial charge in [0.2, 0.25) is 0 Å². The summed E-state index contributed by atoms with van der Waals surface area (Å²) in [4.78, 5) is 0. The number of H-pyrrole nitrogens is 1. The average molecular weight is 139 g/mol. The molecule has 1 fully saturated rings. The molecule has 5 heteroatoms. The molecule has 0 amide bonds. The van der Waals surface area contributed by atoms with Gasteiger partial charge in [0.1, 0.15) is 0 Å². The van der Waals surface area contributed by atoms with Gasteiger partial charge in [0.05, 0.1) is 0 Å². The highest BCUT2D eigenvalue weighted by atomic mass is 15.5. The standard InChI is InChI=1S/C5H9N5/c6-2-3-1-4(3)5-7-9-10-8-5/h3-4H,1-2,6H2,(H,7,8,9,10)/t3-,4+/m0/s1. The van der Waals surface area contributed by atoms with E-state index in [0.29, 0.717) is 11.8 Å². The van der Waals surface area contributed by atoms with Crippen LogP contribution in [0, 0.1) is 5.92 Å². The van der Waals surface area contributed by atoms with E-state index in [1.165, 1.54) is 0 Å². The maximum absolute atomic E-state index is 5.44. The quantitative estimate of drug-likeness (QED) is 0.565. The molecule has 1 aromatic rings. The van der Waals surface area contributed by atoms with Crippen LogP contribution in [0.3, 0.4) is 0 Å². The fourth-order valence-corrected chi connectivity index (χ4v) is 1.15. The minimum atomic E-state index is 0.476. The minimum Gasteiger partial charge on any atom is -0.330 e. The van der Waals surface area contributed by atoms with Gasteiger partial charge in [-0.2, -0.15) is 5.21 Å². The van der Waals surface area contributed by atoms with Crippen LogP contribution in [0.1, 0.15) is 18.2 Å². The van der Waals surface area contributed by atoms with E-state index in [0.717, 1.165) is 18.8 Å². The Morgan fingerprint density at radius 2 is 2.60 bits per heavy atom. The summed E-state index contributed by atoms with van der Waals surface area (Å²) in [5, 5.41) is 13.6. The molecule has 1 aromatic heterocycles. The molecule has 1 heterocycles. The molecule has 1 saturated carbocycles. The van der Waals surface area contributed by atoms with Gasteiger partial charge >= 0.3 is 0 Å². The maximum Gasteiger partial charge on any atom is 0.177 e. The molecular weight excluding hydrogens is 130 g/mol. The van der Waals surface area contributed by atoms with Crippen LogP contribution in [0.2, 0.25) is 0 Å². The van der Waals surface area contributed by atoms with Crippen LogP contribution in [0.5, 0.6) is 0 Å². The third-order valence-electron chi connectivity index (χ3n) is 1.92. The van der Waals surface area contributed by atoms with Crippen molar-refractivity contribution in [1.29, 1.82) is 0 Å². The second-order valence-electron chi connectivity index (χ2n) is 2.61. The number of hydrogen-bond acceptors (Lipinski definition) is 4. The molecule has 2 atom stereocenters. The minimum absolute atomic E-state index is 0.476. The summed E-state index contributed by atoms with van der Waals surface area (Å²) in [6, 6.07) is 0. The third kappa shape index (κ3) is 0.786. The number of nitrogens with two attached hydrogens (primary N) is 1. The monoisotopic (exact) mass is 139 g/mol. The summed E-state index contributed by atoms with van der Waals surface area (Å²) in [6.07, 6.45) is 1.12. The first kappa shape index (κ1) is 5.79. The molecule has 0 radical (unpaired) electrons. The first-order valence-corrected chi connectivity index (χ1v) is 3.35. The summed E-state index contributed by atoms with van der Waals surface area (Å²) in [6.45, 7) is 0.735. The lowest BCUT2D eigenvalue weighted by Crippen LogP contribution is -2.02. The fraction of sp³-hybridized carbons (Fsp3) is 0.800. The largest absolute Gasteiger partial charge is 0.330 e. The Bertz CT molecular complexity index is 206. The Morgan fingerprint density at radius 1 is 1.70 bits per heavy atom. The smallest absolute Gasteiger partial charge is 0.177 e. The summed E-state index contributed by atoms with van der Waals surface area (Å²) in [5.74, 6) is 1.89. The molecule has 0 aromatic carbocycles. The van der Waals surface area contributed by atoms with Crippen molar-refractivity contribution in [2.24, 2.45) is 11.7 Å². The predicted octanol–water partition coefficient (Wildman–Crippen LogP) is -0.738. The van der Waals surface area contributed by atoms with Gasteiger partial charge in [0.15, 0.2) is 5.82 Å². The van der Waals surface area contributed by atoms with Crippen LogP contribution in [-0.2, 0) is 0 Å². The number of tetrazole rings is 1. The van der Waals surface area contributed by atoms with Crippen molar-refractivity contribution in [3.05, 3.63) is 5.82 Å². The van der Waals surface area contributed by atoms with Crippen molar-refractivity contribution >= 4 is 0 Å². The Hall–Kier alpha value is -0.970. The van der Waals surface area contributed by atoms with Crippen molar-refractivity contribution in [3.63, 3.8) is 0 Å². The lowest BCUT2D eigenvalue weighted by Gasteiger charge is -1.86. The van der Waals surface area contributed by atoms with Gasteiger partial charge in [-0.05, 0) is 18.9 Å². The van der Waals surface area contributed by atoms with Crippen LogP contribution in [-0.4, -0.2) is 27.2 Å². The van der Waals surface area contributed by atoms with Gasteiger partial charge in [0, 0.05) is 5.92 Å². The van der Waals surface area contributed by atoms with Gasteiger partial charge in [-0.1, -0.05) is 5.21 Å². The first-order chi connectivity index (χ1) is 4.92. The van der Waals surface area contributed by atoms with E-state index in [-0.39, 0.29) is 0 Å². The number of rotatable bonds is 2. The zero-order valence-corrected chi connectivity index (χ0v) is 5.49. The third-order valence-corrected chi connectivity index (χ3v) is 1.92. The van der Waals surface area contributed by atoms with Gasteiger partial charge in [0.25, 0.3) is 0 Å². The topological polar surface area (TPSA) is 80.5 Å². The SMILES string of the molecule is NC[C@@H]1C[C@H]1c1nn[nH]n1. The van der Waals surface area contributed by atoms with E-state index in [1.54, 1.807) is 0 Å². The summed E-state index contributed by atoms with van der Waals surface area (Å²) >= 11 is 0. The van der Waals surface area contributed by atoms with Crippen LogP contribution in [0.15, 0.2) is 0 Å². The Morgan fingerprint density at radius 3 is 3.10 bits per heavy atom. The van der Waals surface area contributed by atoms with Crippen molar-refractivity contribution in [2.75, 3.05) is 6.54 Å². The molecule has 0 saturated heterocycles. The highest BCUT2D eigenvalue weighted by Crippen LogP contribution is 2.44. The molecule has 1 aliphatic carbocycles. The number of hydrogen-bond donors (Lipinski definition) is 2. The maximum atomic E-state index is 5.44. The number of aromatic amines is 1. The second-order valence-corrected chi connectivity index (χ2v) is 2.61. The van der Waals surface area contributed by atoms with Crippen LogP contribution in [0.25, 0.3) is 0 Å².